The van der Waals surface area contributed by atoms with Gasteiger partial charge in [0.25, 0.3) is 15.8 Å². The van der Waals surface area contributed by atoms with Crippen LogP contribution in [-0.2, 0) is 26.3 Å². The highest BCUT2D eigenvalue weighted by molar-refractivity contribution is 7.85. The second-order valence-electron chi connectivity index (χ2n) is 5.08. The van der Waals surface area contributed by atoms with Gasteiger partial charge in [-0.2, -0.15) is 8.42 Å². The molecule has 0 bridgehead atoms. The van der Waals surface area contributed by atoms with Crippen LogP contribution in [0.2, 0.25) is 0 Å². The first-order chi connectivity index (χ1) is 12.1. The Morgan fingerprint density at radius 1 is 1.15 bits per heavy atom. The van der Waals surface area contributed by atoms with E-state index in [-0.39, 0.29) is 23.7 Å². The van der Waals surface area contributed by atoms with Crippen LogP contribution >= 0.6 is 0 Å². The fraction of sp³-hybridized carbons (Fsp3) is 0.188. The molecule has 0 atom stereocenters. The fourth-order valence-electron chi connectivity index (χ4n) is 1.65. The molecule has 0 fully saturated rings. The minimum atomic E-state index is -4.02. The van der Waals surface area contributed by atoms with E-state index >= 15 is 0 Å². The number of nitrogens with two attached hydrogens (primary N) is 1. The van der Waals surface area contributed by atoms with Crippen molar-refractivity contribution in [1.82, 2.24) is 0 Å². The number of non-ortho nitro benzene ring substituents is 1. The quantitative estimate of drug-likeness (QED) is 0.344. The van der Waals surface area contributed by atoms with Crippen LogP contribution in [0.15, 0.2) is 53.4 Å². The monoisotopic (exact) mass is 382 g/mol. The summed E-state index contributed by atoms with van der Waals surface area (Å²) in [4.78, 5) is 20.5. The Labute approximate surface area is 150 Å². The van der Waals surface area contributed by atoms with Crippen molar-refractivity contribution >= 4 is 21.8 Å². The number of ether oxygens (including phenoxy) is 1. The number of esters is 1. The summed E-state index contributed by atoms with van der Waals surface area (Å²) in [5.74, 6) is -0.506. The van der Waals surface area contributed by atoms with E-state index in [1.165, 1.54) is 36.4 Å². The van der Waals surface area contributed by atoms with E-state index in [1.807, 2.05) is 6.92 Å². The van der Waals surface area contributed by atoms with Gasteiger partial charge in [0.2, 0.25) is 0 Å². The topological polar surface area (TPSA) is 150 Å². The predicted molar refractivity (Wildman–Crippen MR) is 92.9 cm³/mol. The molecule has 0 radical (unpaired) electrons. The van der Waals surface area contributed by atoms with E-state index in [2.05, 4.69) is 0 Å². The molecule has 0 heterocycles. The number of nitro groups is 1. The van der Waals surface area contributed by atoms with Gasteiger partial charge in [-0.25, -0.2) is 0 Å². The third kappa shape index (κ3) is 7.38. The van der Waals surface area contributed by atoms with E-state index in [4.69, 9.17) is 15.0 Å². The van der Waals surface area contributed by atoms with Crippen molar-refractivity contribution in [3.05, 3.63) is 69.8 Å². The third-order valence-corrected chi connectivity index (χ3v) is 3.90. The molecule has 140 valence electrons. The molecule has 2 aromatic rings. The number of aryl methyl sites for hydroxylation is 1. The van der Waals surface area contributed by atoms with Crippen LogP contribution in [0.1, 0.15) is 11.1 Å². The molecule has 3 N–H and O–H groups in total. The number of nitro benzene ring substituents is 1. The van der Waals surface area contributed by atoms with Gasteiger partial charge in [-0.05, 0) is 36.8 Å². The molecule has 0 saturated heterocycles. The van der Waals surface area contributed by atoms with E-state index in [9.17, 15) is 23.3 Å². The number of rotatable bonds is 5. The van der Waals surface area contributed by atoms with Gasteiger partial charge >= 0.3 is 5.97 Å². The Bertz CT molecular complexity index is 847. The molecule has 2 aromatic carbocycles. The zero-order chi connectivity index (χ0) is 19.7. The Morgan fingerprint density at radius 3 is 2.12 bits per heavy atom. The largest absolute Gasteiger partial charge is 0.460 e. The maximum atomic E-state index is 10.7. The number of benzene rings is 2. The normalized spacial score (nSPS) is 10.4. The fourth-order valence-corrected chi connectivity index (χ4v) is 2.13. The lowest BCUT2D eigenvalue weighted by molar-refractivity contribution is -0.384. The van der Waals surface area contributed by atoms with Crippen molar-refractivity contribution in [3.8, 4) is 0 Å². The molecule has 26 heavy (non-hydrogen) atoms. The molecule has 2 rings (SSSR count). The van der Waals surface area contributed by atoms with Crippen LogP contribution in [0.4, 0.5) is 5.69 Å². The summed E-state index contributed by atoms with van der Waals surface area (Å²) in [6.07, 6.45) is 0. The summed E-state index contributed by atoms with van der Waals surface area (Å²) in [5.41, 5.74) is 6.68. The second kappa shape index (κ2) is 9.61. The number of hydrogen-bond donors (Lipinski definition) is 2. The van der Waals surface area contributed by atoms with Crippen molar-refractivity contribution in [3.63, 3.8) is 0 Å². The summed E-state index contributed by atoms with van der Waals surface area (Å²) >= 11 is 0. The Morgan fingerprint density at radius 2 is 1.69 bits per heavy atom. The molecule has 0 saturated carbocycles. The summed E-state index contributed by atoms with van der Waals surface area (Å²) in [7, 11) is -4.02. The number of nitrogens with zero attached hydrogens (tertiary/aromatic N) is 1. The minimum absolute atomic E-state index is 0.00361. The molecular weight excluding hydrogens is 364 g/mol. The molecule has 10 heteroatoms. The van der Waals surface area contributed by atoms with Crippen LogP contribution in [0.5, 0.6) is 0 Å². The maximum Gasteiger partial charge on any atom is 0.320 e. The summed E-state index contributed by atoms with van der Waals surface area (Å²) in [6.45, 7) is 1.74. The predicted octanol–water partition coefficient (Wildman–Crippen LogP) is 1.84. The molecule has 0 aliphatic carbocycles. The summed E-state index contributed by atoms with van der Waals surface area (Å²) in [5, 5.41) is 10.3. The van der Waals surface area contributed by atoms with Crippen molar-refractivity contribution in [2.45, 2.75) is 18.4 Å². The molecule has 0 spiro atoms. The highest BCUT2D eigenvalue weighted by atomic mass is 32.2. The average Bonchev–Trinajstić information content (AvgIpc) is 2.60. The lowest BCUT2D eigenvalue weighted by atomic mass is 10.2. The van der Waals surface area contributed by atoms with Gasteiger partial charge in [0.05, 0.1) is 16.4 Å². The molecule has 0 unspecified atom stereocenters. The number of carbonyl (C=O) groups excluding carboxylic acids is 1. The van der Waals surface area contributed by atoms with Gasteiger partial charge < -0.3 is 10.5 Å². The zero-order valence-corrected chi connectivity index (χ0v) is 14.7. The van der Waals surface area contributed by atoms with Crippen molar-refractivity contribution in [2.75, 3.05) is 6.54 Å². The molecule has 0 amide bonds. The van der Waals surface area contributed by atoms with Crippen LogP contribution in [0, 0.1) is 17.0 Å². The lowest BCUT2D eigenvalue weighted by Crippen LogP contribution is -2.16. The first kappa shape index (κ1) is 21.2. The molecule has 0 aliphatic heterocycles. The molecular formula is C16H18N2O7S. The van der Waals surface area contributed by atoms with E-state index in [1.54, 1.807) is 12.1 Å². The SMILES string of the molecule is Cc1ccc(S(=O)(=O)O)cc1.NCC(=O)OCc1ccc([N+](=O)[O-])cc1. The highest BCUT2D eigenvalue weighted by Gasteiger charge is 2.07. The van der Waals surface area contributed by atoms with Gasteiger partial charge in [-0.1, -0.05) is 17.7 Å². The smallest absolute Gasteiger partial charge is 0.320 e. The summed E-state index contributed by atoms with van der Waals surface area (Å²) in [6, 6.07) is 11.8. The van der Waals surface area contributed by atoms with E-state index < -0.39 is 21.0 Å². The minimum Gasteiger partial charge on any atom is -0.460 e. The second-order valence-corrected chi connectivity index (χ2v) is 6.50. The van der Waals surface area contributed by atoms with Gasteiger partial charge in [0.15, 0.2) is 0 Å². The Balaban J connectivity index is 0.000000273. The van der Waals surface area contributed by atoms with Crippen molar-refractivity contribution < 1.29 is 27.4 Å². The van der Waals surface area contributed by atoms with Crippen LogP contribution in [-0.4, -0.2) is 30.4 Å². The standard InChI is InChI=1S/C9H10N2O4.C7H8O3S/c10-5-9(12)15-6-7-1-3-8(4-2-7)11(13)14;1-6-2-4-7(5-3-6)11(8,9)10/h1-4H,5-6,10H2;2-5H,1H3,(H,8,9,10). The van der Waals surface area contributed by atoms with Gasteiger partial charge in [0, 0.05) is 12.1 Å². The maximum absolute atomic E-state index is 10.7. The Hall–Kier alpha value is -2.82. The zero-order valence-electron chi connectivity index (χ0n) is 13.9. The average molecular weight is 382 g/mol. The van der Waals surface area contributed by atoms with Gasteiger partial charge in [-0.3, -0.25) is 19.5 Å². The summed E-state index contributed by atoms with van der Waals surface area (Å²) < 4.78 is 34.3. The number of carbonyl (C=O) groups is 1. The highest BCUT2D eigenvalue weighted by Crippen LogP contribution is 2.12. The first-order valence-electron chi connectivity index (χ1n) is 7.26. The molecule has 0 aromatic heterocycles. The lowest BCUT2D eigenvalue weighted by Gasteiger charge is -2.02. The number of hydrogen-bond acceptors (Lipinski definition) is 7. The molecule has 9 nitrogen and oxygen atoms in total. The van der Waals surface area contributed by atoms with E-state index in [0.29, 0.717) is 5.56 Å². The van der Waals surface area contributed by atoms with E-state index in [0.717, 1.165) is 5.56 Å². The van der Waals surface area contributed by atoms with Crippen molar-refractivity contribution in [2.24, 2.45) is 5.73 Å². The van der Waals surface area contributed by atoms with Crippen molar-refractivity contribution in [1.29, 1.82) is 0 Å². The Kier molecular flexibility index (Phi) is 7.84. The van der Waals surface area contributed by atoms with Gasteiger partial charge in [-0.15, -0.1) is 0 Å². The van der Waals surface area contributed by atoms with Crippen LogP contribution in [0.25, 0.3) is 0 Å². The van der Waals surface area contributed by atoms with Crippen LogP contribution < -0.4 is 5.73 Å². The first-order valence-corrected chi connectivity index (χ1v) is 8.70. The molecule has 0 aliphatic rings. The third-order valence-electron chi connectivity index (χ3n) is 3.03. The van der Waals surface area contributed by atoms with Crippen LogP contribution in [0.3, 0.4) is 0 Å². The van der Waals surface area contributed by atoms with Gasteiger partial charge in [0.1, 0.15) is 6.61 Å².